The summed E-state index contributed by atoms with van der Waals surface area (Å²) in [5.74, 6) is -0.204. The van der Waals surface area contributed by atoms with E-state index in [1.54, 1.807) is 12.1 Å². The lowest BCUT2D eigenvalue weighted by atomic mass is 10.0. The largest absolute Gasteiger partial charge is 0.667 e. The Bertz CT molecular complexity index is 696. The number of rotatable bonds is 6. The van der Waals surface area contributed by atoms with Gasteiger partial charge >= 0.3 is 0 Å². The molecule has 0 spiro atoms. The van der Waals surface area contributed by atoms with Crippen LogP contribution in [0.5, 0.6) is 0 Å². The number of aliphatic hydroxyl groups is 1. The summed E-state index contributed by atoms with van der Waals surface area (Å²) >= 11 is 0. The van der Waals surface area contributed by atoms with Gasteiger partial charge in [0.15, 0.2) is 5.03 Å². The van der Waals surface area contributed by atoms with E-state index in [1.807, 2.05) is 13.8 Å². The normalized spacial score (nSPS) is 23.4. The molecule has 2 heterocycles. The van der Waals surface area contributed by atoms with Gasteiger partial charge in [-0.15, -0.1) is 0 Å². The van der Waals surface area contributed by atoms with E-state index in [0.29, 0.717) is 19.3 Å². The maximum atomic E-state index is 12.7. The number of aliphatic hydroxyl groups excluding tert-OH is 1. The minimum atomic E-state index is -3.79. The second kappa shape index (κ2) is 8.90. The van der Waals surface area contributed by atoms with Gasteiger partial charge in [-0.1, -0.05) is 32.4 Å². The Balaban J connectivity index is 2.04. The molecule has 2 rings (SSSR count). The van der Waals surface area contributed by atoms with Crippen molar-refractivity contribution in [3.8, 4) is 0 Å². The highest BCUT2D eigenvalue weighted by Crippen LogP contribution is 2.20. The molecule has 0 saturated carbocycles. The third-order valence-electron chi connectivity index (χ3n) is 4.37. The predicted octanol–water partition coefficient (Wildman–Crippen LogP) is 1.18. The topological polar surface area (TPSA) is 123 Å². The molecule has 0 radical (unpaired) electrons. The highest BCUT2D eigenvalue weighted by molar-refractivity contribution is 7.89. The van der Waals surface area contributed by atoms with E-state index in [1.165, 1.54) is 16.6 Å². The lowest BCUT2D eigenvalue weighted by Crippen LogP contribution is -2.49. The fourth-order valence-electron chi connectivity index (χ4n) is 2.99. The van der Waals surface area contributed by atoms with Crippen LogP contribution in [0.3, 0.4) is 0 Å². The zero-order valence-electron chi connectivity index (χ0n) is 15.1. The Morgan fingerprint density at radius 3 is 2.81 bits per heavy atom. The molecule has 0 aromatic carbocycles. The Morgan fingerprint density at radius 2 is 2.19 bits per heavy atom. The standard InChI is InChI=1S/C17H27N4O4S/c1-12(2)10-13(18)17(23)20-14-6-5-9-21(11-15(14)22)26(24,25)16-7-3-4-8-19-16/h3-4,7-8,12-15,18,22H,5-6,9-11H2,1-2H3,(H,20,23)/q-1/t13-,14?,15?/m0/s1. The molecule has 26 heavy (non-hydrogen) atoms. The second-order valence-electron chi connectivity index (χ2n) is 7.04. The fourth-order valence-corrected chi connectivity index (χ4v) is 4.42. The SMILES string of the molecule is CC(C)C[C@H]([NH-])C(=O)NC1CCCN(S(=O)(=O)c2ccccn2)CC1O. The summed E-state index contributed by atoms with van der Waals surface area (Å²) in [6.45, 7) is 4.01. The van der Waals surface area contributed by atoms with Crippen molar-refractivity contribution < 1.29 is 18.3 Å². The van der Waals surface area contributed by atoms with Crippen molar-refractivity contribution in [2.45, 2.75) is 56.3 Å². The van der Waals surface area contributed by atoms with Gasteiger partial charge in [-0.2, -0.15) is 4.31 Å². The highest BCUT2D eigenvalue weighted by atomic mass is 32.2. The van der Waals surface area contributed by atoms with Crippen LogP contribution in [-0.4, -0.2) is 60.0 Å². The molecule has 1 aliphatic heterocycles. The number of nitrogens with zero attached hydrogens (tertiary/aromatic N) is 2. The number of carbonyl (C=O) groups is 1. The van der Waals surface area contributed by atoms with E-state index in [0.717, 1.165) is 0 Å². The lowest BCUT2D eigenvalue weighted by Gasteiger charge is -2.28. The predicted molar refractivity (Wildman–Crippen MR) is 97.7 cm³/mol. The first-order valence-corrected chi connectivity index (χ1v) is 10.3. The van der Waals surface area contributed by atoms with Crippen LogP contribution in [0.4, 0.5) is 0 Å². The number of carbonyl (C=O) groups excluding carboxylic acids is 1. The van der Waals surface area contributed by atoms with Crippen LogP contribution in [0.1, 0.15) is 33.1 Å². The highest BCUT2D eigenvalue weighted by Gasteiger charge is 2.33. The summed E-state index contributed by atoms with van der Waals surface area (Å²) in [4.78, 5) is 16.0. The zero-order chi connectivity index (χ0) is 19.3. The molecule has 1 aliphatic rings. The van der Waals surface area contributed by atoms with E-state index >= 15 is 0 Å². The molecule has 1 saturated heterocycles. The average Bonchev–Trinajstić information content (AvgIpc) is 2.77. The summed E-state index contributed by atoms with van der Waals surface area (Å²) in [6.07, 6.45) is 1.77. The van der Waals surface area contributed by atoms with Crippen molar-refractivity contribution in [3.05, 3.63) is 30.1 Å². The minimum absolute atomic E-state index is 0.0576. The van der Waals surface area contributed by atoms with Crippen molar-refractivity contribution in [3.63, 3.8) is 0 Å². The summed E-state index contributed by atoms with van der Waals surface area (Å²) in [7, 11) is -3.79. The van der Waals surface area contributed by atoms with Crippen LogP contribution in [0.2, 0.25) is 0 Å². The third-order valence-corrected chi connectivity index (χ3v) is 6.15. The van der Waals surface area contributed by atoms with Gasteiger partial charge in [0, 0.05) is 19.3 Å². The van der Waals surface area contributed by atoms with E-state index in [9.17, 15) is 18.3 Å². The van der Waals surface area contributed by atoms with E-state index < -0.39 is 34.1 Å². The molecule has 1 amide bonds. The van der Waals surface area contributed by atoms with Crippen molar-refractivity contribution >= 4 is 15.9 Å². The number of hydrogen-bond donors (Lipinski definition) is 2. The number of sulfonamides is 1. The maximum Gasteiger partial charge on any atom is 0.260 e. The van der Waals surface area contributed by atoms with Crippen LogP contribution in [-0.2, 0) is 14.8 Å². The molecule has 1 aromatic rings. The summed E-state index contributed by atoms with van der Waals surface area (Å²) in [5.41, 5.74) is 7.89. The smallest absolute Gasteiger partial charge is 0.260 e. The van der Waals surface area contributed by atoms with Crippen molar-refractivity contribution in [2.24, 2.45) is 5.92 Å². The van der Waals surface area contributed by atoms with Crippen LogP contribution in [0, 0.1) is 5.92 Å². The minimum Gasteiger partial charge on any atom is -0.667 e. The van der Waals surface area contributed by atoms with Crippen molar-refractivity contribution in [1.29, 1.82) is 0 Å². The van der Waals surface area contributed by atoms with E-state index in [-0.39, 0.29) is 24.0 Å². The summed E-state index contributed by atoms with van der Waals surface area (Å²) < 4.78 is 26.6. The maximum absolute atomic E-state index is 12.7. The van der Waals surface area contributed by atoms with Crippen LogP contribution in [0.25, 0.3) is 5.73 Å². The molecule has 1 fully saturated rings. The van der Waals surface area contributed by atoms with Gasteiger partial charge in [-0.05, 0) is 30.9 Å². The summed E-state index contributed by atoms with van der Waals surface area (Å²) in [6, 6.07) is 3.20. The van der Waals surface area contributed by atoms with Crippen LogP contribution < -0.4 is 5.32 Å². The van der Waals surface area contributed by atoms with Crippen molar-refractivity contribution in [1.82, 2.24) is 14.6 Å². The molecule has 0 bridgehead atoms. The molecular weight excluding hydrogens is 356 g/mol. The van der Waals surface area contributed by atoms with E-state index in [4.69, 9.17) is 5.73 Å². The first-order chi connectivity index (χ1) is 12.2. The van der Waals surface area contributed by atoms with Gasteiger partial charge < -0.3 is 16.2 Å². The second-order valence-corrected chi connectivity index (χ2v) is 8.92. The van der Waals surface area contributed by atoms with Gasteiger partial charge in [0.05, 0.1) is 12.1 Å². The monoisotopic (exact) mass is 383 g/mol. The third kappa shape index (κ3) is 5.23. The molecule has 1 aromatic heterocycles. The van der Waals surface area contributed by atoms with Crippen LogP contribution >= 0.6 is 0 Å². The summed E-state index contributed by atoms with van der Waals surface area (Å²) in [5, 5.41) is 13.1. The Labute approximate surface area is 154 Å². The molecule has 146 valence electrons. The molecule has 3 atom stereocenters. The quantitative estimate of drug-likeness (QED) is 0.763. The number of nitrogens with one attached hydrogen (secondary N) is 2. The molecule has 2 unspecified atom stereocenters. The van der Waals surface area contributed by atoms with Gasteiger partial charge in [-0.25, -0.2) is 13.4 Å². The molecular formula is C17H27N4O4S-. The molecule has 8 nitrogen and oxygen atoms in total. The number of pyridine rings is 1. The zero-order valence-corrected chi connectivity index (χ0v) is 15.9. The number of amides is 1. The van der Waals surface area contributed by atoms with Gasteiger partial charge in [-0.3, -0.25) is 4.79 Å². The Kier molecular flexibility index (Phi) is 7.10. The van der Waals surface area contributed by atoms with Gasteiger partial charge in [0.2, 0.25) is 5.91 Å². The number of aromatic nitrogens is 1. The molecule has 0 aliphatic carbocycles. The number of hydrogen-bond acceptors (Lipinski definition) is 5. The van der Waals surface area contributed by atoms with Gasteiger partial charge in [0.1, 0.15) is 0 Å². The van der Waals surface area contributed by atoms with Crippen LogP contribution in [0.15, 0.2) is 29.4 Å². The van der Waals surface area contributed by atoms with Crippen molar-refractivity contribution in [2.75, 3.05) is 13.1 Å². The average molecular weight is 383 g/mol. The fraction of sp³-hybridized carbons (Fsp3) is 0.647. The lowest BCUT2D eigenvalue weighted by molar-refractivity contribution is -0.123. The Morgan fingerprint density at radius 1 is 1.46 bits per heavy atom. The number of β-amino-alcohol motifs (C(OH)–C–C–N with tert-alkyl or cyclic N) is 1. The first-order valence-electron chi connectivity index (χ1n) is 8.82. The van der Waals surface area contributed by atoms with E-state index in [2.05, 4.69) is 10.3 Å². The Hall–Kier alpha value is -1.55. The van der Waals surface area contributed by atoms with Gasteiger partial charge in [0.25, 0.3) is 10.0 Å². The molecule has 3 N–H and O–H groups in total. The first kappa shape index (κ1) is 20.8. The molecule has 9 heteroatoms.